The predicted octanol–water partition coefficient (Wildman–Crippen LogP) is 2.14. The van der Waals surface area contributed by atoms with Gasteiger partial charge in [-0.15, -0.1) is 4.98 Å². The van der Waals surface area contributed by atoms with Crippen molar-refractivity contribution in [3.05, 3.63) is 61.1 Å². The Labute approximate surface area is 156 Å². The van der Waals surface area contributed by atoms with Crippen LogP contribution < -0.4 is 9.47 Å². The number of aryl methyl sites for hydroxylation is 2. The second-order valence-electron chi connectivity index (χ2n) is 6.03. The van der Waals surface area contributed by atoms with E-state index in [9.17, 15) is 0 Å². The van der Waals surface area contributed by atoms with Crippen molar-refractivity contribution in [1.29, 1.82) is 0 Å². The molecule has 0 saturated heterocycles. The molecule has 0 aliphatic heterocycles. The first-order valence-corrected chi connectivity index (χ1v) is 8.46. The first-order chi connectivity index (χ1) is 13.2. The van der Waals surface area contributed by atoms with Crippen molar-refractivity contribution >= 4 is 29.1 Å². The summed E-state index contributed by atoms with van der Waals surface area (Å²) in [6.45, 7) is 1.93. The lowest BCUT2D eigenvalue weighted by atomic mass is 10.2. The Kier molecular flexibility index (Phi) is 4.29. The second kappa shape index (κ2) is 6.91. The highest BCUT2D eigenvalue weighted by Gasteiger charge is 2.18. The summed E-state index contributed by atoms with van der Waals surface area (Å²) in [5, 5.41) is 0. The van der Waals surface area contributed by atoms with Crippen LogP contribution in [0.25, 0.3) is 17.0 Å². The van der Waals surface area contributed by atoms with Crippen LogP contribution in [0.3, 0.4) is 0 Å². The van der Waals surface area contributed by atoms with Gasteiger partial charge in [0.25, 0.3) is 5.65 Å². The first kappa shape index (κ1) is 16.8. The number of nitrogens with zero attached hydrogens (tertiary/aromatic N) is 8. The highest BCUT2D eigenvalue weighted by atomic mass is 15.2. The van der Waals surface area contributed by atoms with E-state index in [1.807, 2.05) is 52.5 Å². The molecule has 0 aliphatic carbocycles. The van der Waals surface area contributed by atoms with Gasteiger partial charge in [0.05, 0.1) is 31.0 Å². The van der Waals surface area contributed by atoms with Crippen molar-refractivity contribution in [1.82, 2.24) is 24.5 Å². The smallest absolute Gasteiger partial charge is 0.284 e. The number of imidazole rings is 1. The van der Waals surface area contributed by atoms with Crippen LogP contribution >= 0.6 is 0 Å². The zero-order valence-electron chi connectivity index (χ0n) is 15.4. The average molecular weight is 359 g/mol. The van der Waals surface area contributed by atoms with Crippen LogP contribution in [0.4, 0.5) is 11.5 Å². The molecule has 0 N–H and O–H groups in total. The summed E-state index contributed by atoms with van der Waals surface area (Å²) in [4.78, 5) is 23.8. The average Bonchev–Trinajstić information content (AvgIpc) is 3.04. The van der Waals surface area contributed by atoms with Gasteiger partial charge in [0.1, 0.15) is 11.9 Å². The maximum atomic E-state index is 4.48. The zero-order valence-corrected chi connectivity index (χ0v) is 15.4. The van der Waals surface area contributed by atoms with Crippen molar-refractivity contribution in [3.63, 3.8) is 0 Å². The Balaban J connectivity index is 1.85. The van der Waals surface area contributed by atoms with E-state index in [2.05, 4.69) is 31.0 Å². The van der Waals surface area contributed by atoms with Gasteiger partial charge in [0.15, 0.2) is 12.1 Å². The molecule has 134 valence electrons. The second-order valence-corrected chi connectivity index (χ2v) is 6.03. The number of hydrogen-bond donors (Lipinski definition) is 0. The van der Waals surface area contributed by atoms with Gasteiger partial charge < -0.3 is 0 Å². The Morgan fingerprint density at radius 3 is 2.67 bits per heavy atom. The van der Waals surface area contributed by atoms with Gasteiger partial charge in [-0.2, -0.15) is 0 Å². The molecule has 0 fully saturated rings. The number of fused-ring (bicyclic) bond motifs is 1. The molecular formula is C19H19N8+. The molecule has 8 heteroatoms. The highest BCUT2D eigenvalue weighted by molar-refractivity contribution is 5.89. The summed E-state index contributed by atoms with van der Waals surface area (Å²) in [6.07, 6.45) is 10.5. The summed E-state index contributed by atoms with van der Waals surface area (Å²) in [6, 6.07) is 8.10. The molecule has 0 atom stereocenters. The molecule has 0 aliphatic rings. The van der Waals surface area contributed by atoms with Gasteiger partial charge in [-0.3, -0.25) is 14.9 Å². The minimum absolute atomic E-state index is 0.739. The molecule has 3 heterocycles. The number of benzene rings is 1. The molecule has 4 rings (SSSR count). The molecule has 4 aromatic rings. The lowest BCUT2D eigenvalue weighted by Crippen LogP contribution is -2.26. The van der Waals surface area contributed by atoms with Crippen LogP contribution in [0.15, 0.2) is 60.4 Å². The lowest BCUT2D eigenvalue weighted by molar-refractivity contribution is -0.647. The molecule has 0 radical (unpaired) electrons. The van der Waals surface area contributed by atoms with Gasteiger partial charge in [-0.1, -0.05) is 6.07 Å². The minimum Gasteiger partial charge on any atom is -0.284 e. The third-order valence-corrected chi connectivity index (χ3v) is 4.21. The van der Waals surface area contributed by atoms with Crippen LogP contribution in [-0.4, -0.2) is 37.9 Å². The van der Waals surface area contributed by atoms with E-state index in [-0.39, 0.29) is 0 Å². The molecular weight excluding hydrogens is 340 g/mol. The Morgan fingerprint density at radius 2 is 1.85 bits per heavy atom. The van der Waals surface area contributed by atoms with Crippen molar-refractivity contribution in [3.8, 4) is 5.69 Å². The summed E-state index contributed by atoms with van der Waals surface area (Å²) in [5.41, 5.74) is 4.33. The van der Waals surface area contributed by atoms with Crippen LogP contribution in [-0.2, 0) is 7.05 Å². The van der Waals surface area contributed by atoms with E-state index in [0.29, 0.717) is 0 Å². The number of hydrogen-bond acceptors (Lipinski definition) is 5. The monoisotopic (exact) mass is 359 g/mol. The van der Waals surface area contributed by atoms with Crippen LogP contribution in [0, 0.1) is 6.92 Å². The fraction of sp³-hybridized carbons (Fsp3) is 0.158. The summed E-state index contributed by atoms with van der Waals surface area (Å²) >= 11 is 0. The molecule has 0 saturated carbocycles. The van der Waals surface area contributed by atoms with Gasteiger partial charge in [0.2, 0.25) is 0 Å². The molecule has 0 bridgehead atoms. The normalized spacial score (nSPS) is 11.4. The van der Waals surface area contributed by atoms with Crippen molar-refractivity contribution < 1.29 is 4.57 Å². The van der Waals surface area contributed by atoms with Crippen LogP contribution in [0.1, 0.15) is 5.69 Å². The summed E-state index contributed by atoms with van der Waals surface area (Å²) in [7, 11) is 3.69. The van der Waals surface area contributed by atoms with E-state index >= 15 is 0 Å². The standard InChI is InChI=1S/C19H19N8/c1-14-17(22-8-7-21-14)26(12-20-2)15-5-4-6-16(11-15)27-13-25(3)18-19(27)24-10-9-23-18/h4-13H,1-3H3/q+1. The van der Waals surface area contributed by atoms with E-state index in [4.69, 9.17) is 0 Å². The predicted molar refractivity (Wildman–Crippen MR) is 103 cm³/mol. The Morgan fingerprint density at radius 1 is 1.07 bits per heavy atom. The number of aromatic nitrogens is 6. The Hall–Kier alpha value is -3.68. The Bertz CT molecular complexity index is 1130. The van der Waals surface area contributed by atoms with Gasteiger partial charge in [-0.05, 0) is 19.1 Å². The largest absolute Gasteiger partial charge is 0.322 e. The molecule has 0 unspecified atom stereocenters. The third-order valence-electron chi connectivity index (χ3n) is 4.21. The molecule has 3 aromatic heterocycles. The van der Waals surface area contributed by atoms with Crippen LogP contribution in [0.2, 0.25) is 0 Å². The lowest BCUT2D eigenvalue weighted by Gasteiger charge is -2.20. The quantitative estimate of drug-likeness (QED) is 0.317. The molecule has 0 amide bonds. The SMILES string of the molecule is CN=CN(c1cccc(-n2c[n+](C)c3nccnc32)c1)c1nccnc1C. The van der Waals surface area contributed by atoms with Crippen LogP contribution in [0.5, 0.6) is 0 Å². The maximum absolute atomic E-state index is 4.48. The third kappa shape index (κ3) is 3.01. The summed E-state index contributed by atoms with van der Waals surface area (Å²) in [5.74, 6) is 0.739. The fourth-order valence-corrected chi connectivity index (χ4v) is 3.00. The van der Waals surface area contributed by atoms with E-state index in [1.165, 1.54) is 0 Å². The molecule has 1 aromatic carbocycles. The number of anilines is 2. The maximum Gasteiger partial charge on any atom is 0.322 e. The summed E-state index contributed by atoms with van der Waals surface area (Å²) < 4.78 is 3.96. The molecule has 0 spiro atoms. The van der Waals surface area contributed by atoms with Crippen molar-refractivity contribution in [2.75, 3.05) is 11.9 Å². The van der Waals surface area contributed by atoms with Gasteiger partial charge in [-0.25, -0.2) is 19.1 Å². The zero-order chi connectivity index (χ0) is 18.8. The van der Waals surface area contributed by atoms with Gasteiger partial charge >= 0.3 is 5.65 Å². The van der Waals surface area contributed by atoms with Crippen molar-refractivity contribution in [2.45, 2.75) is 6.92 Å². The topological polar surface area (TPSA) is 76.0 Å². The molecule has 8 nitrogen and oxygen atoms in total. The highest BCUT2D eigenvalue weighted by Crippen LogP contribution is 2.26. The van der Waals surface area contributed by atoms with E-state index in [0.717, 1.165) is 34.2 Å². The number of aliphatic imine (C=N–C) groups is 1. The van der Waals surface area contributed by atoms with E-state index < -0.39 is 0 Å². The first-order valence-electron chi connectivity index (χ1n) is 8.46. The van der Waals surface area contributed by atoms with E-state index in [1.54, 1.807) is 38.2 Å². The minimum atomic E-state index is 0.739. The fourth-order valence-electron chi connectivity index (χ4n) is 3.00. The van der Waals surface area contributed by atoms with Crippen molar-refractivity contribution in [2.24, 2.45) is 12.0 Å². The number of rotatable bonds is 4. The van der Waals surface area contributed by atoms with Gasteiger partial charge in [0, 0.05) is 25.5 Å². The molecule has 27 heavy (non-hydrogen) atoms.